The Morgan fingerprint density at radius 3 is 2.65 bits per heavy atom. The highest BCUT2D eigenvalue weighted by atomic mass is 32.3. The summed E-state index contributed by atoms with van der Waals surface area (Å²) in [6, 6.07) is 0. The molecule has 0 aliphatic carbocycles. The molecule has 0 aromatic rings. The number of hydrogen-bond acceptors (Lipinski definition) is 5. The first-order valence-corrected chi connectivity index (χ1v) is 6.35. The Bertz CT molecular complexity index is 422. The van der Waals surface area contributed by atoms with Crippen LogP contribution in [0.2, 0.25) is 0 Å². The second kappa shape index (κ2) is 4.96. The zero-order chi connectivity index (χ0) is 13.2. The number of aliphatic hydroxyl groups is 1. The summed E-state index contributed by atoms with van der Waals surface area (Å²) in [6.07, 6.45) is -1.88. The van der Waals surface area contributed by atoms with E-state index in [1.54, 1.807) is 0 Å². The molecule has 9 heteroatoms. The Morgan fingerprint density at radius 2 is 2.18 bits per heavy atom. The normalized spacial score (nSPS) is 22.8. The molecule has 0 saturated carbocycles. The van der Waals surface area contributed by atoms with Crippen LogP contribution in [0, 0.1) is 5.92 Å². The summed E-state index contributed by atoms with van der Waals surface area (Å²) in [4.78, 5) is 22.7. The van der Waals surface area contributed by atoms with Crippen molar-refractivity contribution in [1.29, 1.82) is 0 Å². The highest BCUT2D eigenvalue weighted by molar-refractivity contribution is 7.86. The fourth-order valence-electron chi connectivity index (χ4n) is 1.71. The van der Waals surface area contributed by atoms with Crippen molar-refractivity contribution in [2.75, 3.05) is 18.8 Å². The van der Waals surface area contributed by atoms with E-state index < -0.39 is 46.4 Å². The van der Waals surface area contributed by atoms with E-state index in [0.29, 0.717) is 0 Å². The lowest BCUT2D eigenvalue weighted by Crippen LogP contribution is -2.38. The first kappa shape index (κ1) is 13.8. The van der Waals surface area contributed by atoms with Gasteiger partial charge in [0.25, 0.3) is 0 Å². The standard InChI is InChI=1S/C8H12FNO6S/c9-17(15,16)4-5-1-7(12)10(2-5)3-6(11)8(13)14/h5-6,11H,1-4H2,(H,13,14). The molecule has 1 aliphatic heterocycles. The lowest BCUT2D eigenvalue weighted by Gasteiger charge is -2.17. The maximum atomic E-state index is 12.4. The van der Waals surface area contributed by atoms with E-state index in [4.69, 9.17) is 10.2 Å². The van der Waals surface area contributed by atoms with Crippen LogP contribution < -0.4 is 0 Å². The molecule has 1 saturated heterocycles. The molecule has 0 radical (unpaired) electrons. The van der Waals surface area contributed by atoms with Gasteiger partial charge in [-0.15, -0.1) is 3.89 Å². The molecule has 98 valence electrons. The summed E-state index contributed by atoms with van der Waals surface area (Å²) in [5, 5.41) is 17.5. The zero-order valence-electron chi connectivity index (χ0n) is 8.74. The summed E-state index contributed by atoms with van der Waals surface area (Å²) < 4.78 is 33.2. The van der Waals surface area contributed by atoms with Gasteiger partial charge in [0.1, 0.15) is 0 Å². The van der Waals surface area contributed by atoms with E-state index in [1.165, 1.54) is 0 Å². The minimum atomic E-state index is -4.66. The van der Waals surface area contributed by atoms with E-state index in [0.717, 1.165) is 4.90 Å². The molecule has 1 rings (SSSR count). The van der Waals surface area contributed by atoms with E-state index in [9.17, 15) is 21.9 Å². The number of aliphatic carboxylic acids is 1. The zero-order valence-corrected chi connectivity index (χ0v) is 9.56. The van der Waals surface area contributed by atoms with E-state index in [1.807, 2.05) is 0 Å². The van der Waals surface area contributed by atoms with Crippen LogP contribution in [-0.2, 0) is 19.8 Å². The molecule has 0 spiro atoms. The van der Waals surface area contributed by atoms with Gasteiger partial charge in [0, 0.05) is 18.9 Å². The number of halogens is 1. The first-order valence-electron chi connectivity index (χ1n) is 4.80. The van der Waals surface area contributed by atoms with Crippen molar-refractivity contribution in [2.24, 2.45) is 5.92 Å². The molecule has 2 atom stereocenters. The van der Waals surface area contributed by atoms with Crippen molar-refractivity contribution in [3.63, 3.8) is 0 Å². The lowest BCUT2D eigenvalue weighted by molar-refractivity contribution is -0.148. The van der Waals surface area contributed by atoms with Gasteiger partial charge >= 0.3 is 16.2 Å². The molecule has 7 nitrogen and oxygen atoms in total. The van der Waals surface area contributed by atoms with E-state index in [2.05, 4.69) is 0 Å². The van der Waals surface area contributed by atoms with Gasteiger partial charge in [0.2, 0.25) is 5.91 Å². The Hall–Kier alpha value is -1.22. The van der Waals surface area contributed by atoms with Gasteiger partial charge < -0.3 is 15.1 Å². The topological polar surface area (TPSA) is 112 Å². The molecule has 1 fully saturated rings. The molecule has 2 unspecified atom stereocenters. The smallest absolute Gasteiger partial charge is 0.334 e. The number of aliphatic hydroxyl groups excluding tert-OH is 1. The first-order chi connectivity index (χ1) is 7.69. The van der Waals surface area contributed by atoms with Gasteiger partial charge in [-0.3, -0.25) is 4.79 Å². The van der Waals surface area contributed by atoms with Crippen LogP contribution in [0.5, 0.6) is 0 Å². The van der Waals surface area contributed by atoms with Crippen LogP contribution in [0.25, 0.3) is 0 Å². The van der Waals surface area contributed by atoms with Gasteiger partial charge in [-0.25, -0.2) is 4.79 Å². The average Bonchev–Trinajstić information content (AvgIpc) is 2.43. The number of carboxylic acid groups (broad SMARTS) is 1. The molecule has 2 N–H and O–H groups in total. The second-order valence-electron chi connectivity index (χ2n) is 3.93. The van der Waals surface area contributed by atoms with Crippen molar-refractivity contribution in [3.8, 4) is 0 Å². The number of amides is 1. The summed E-state index contributed by atoms with van der Waals surface area (Å²) in [6.45, 7) is -0.483. The molecule has 0 aromatic heterocycles. The van der Waals surface area contributed by atoms with Gasteiger partial charge in [-0.2, -0.15) is 8.42 Å². The predicted octanol–water partition coefficient (Wildman–Crippen LogP) is -1.42. The quantitative estimate of drug-likeness (QED) is 0.592. The minimum absolute atomic E-state index is 0.0632. The fraction of sp³-hybridized carbons (Fsp3) is 0.750. The molecular weight excluding hydrogens is 257 g/mol. The Labute approximate surface area is 97.0 Å². The van der Waals surface area contributed by atoms with E-state index >= 15 is 0 Å². The Kier molecular flexibility index (Phi) is 4.04. The summed E-state index contributed by atoms with van der Waals surface area (Å²) >= 11 is 0. The third-order valence-electron chi connectivity index (χ3n) is 2.41. The number of nitrogens with zero attached hydrogens (tertiary/aromatic N) is 1. The van der Waals surface area contributed by atoms with Crippen molar-refractivity contribution < 1.29 is 32.1 Å². The van der Waals surface area contributed by atoms with Crippen LogP contribution in [-0.4, -0.2) is 60.4 Å². The molecule has 1 amide bonds. The third kappa shape index (κ3) is 4.27. The molecule has 17 heavy (non-hydrogen) atoms. The van der Waals surface area contributed by atoms with Crippen LogP contribution in [0.15, 0.2) is 0 Å². The molecule has 1 heterocycles. The maximum absolute atomic E-state index is 12.4. The number of rotatable bonds is 5. The third-order valence-corrected chi connectivity index (χ3v) is 3.28. The number of carboxylic acids is 1. The van der Waals surface area contributed by atoms with Crippen LogP contribution in [0.4, 0.5) is 3.89 Å². The molecule has 0 bridgehead atoms. The number of carbonyl (C=O) groups excluding carboxylic acids is 1. The van der Waals surface area contributed by atoms with Crippen molar-refractivity contribution in [1.82, 2.24) is 4.90 Å². The highest BCUT2D eigenvalue weighted by Crippen LogP contribution is 2.20. The molecular formula is C8H12FNO6S. The molecule has 0 aromatic carbocycles. The van der Waals surface area contributed by atoms with Gasteiger partial charge in [-0.1, -0.05) is 0 Å². The lowest BCUT2D eigenvalue weighted by atomic mass is 10.1. The monoisotopic (exact) mass is 269 g/mol. The van der Waals surface area contributed by atoms with Gasteiger partial charge in [0.05, 0.1) is 12.3 Å². The largest absolute Gasteiger partial charge is 0.479 e. The Morgan fingerprint density at radius 1 is 1.59 bits per heavy atom. The van der Waals surface area contributed by atoms with Crippen molar-refractivity contribution in [2.45, 2.75) is 12.5 Å². The maximum Gasteiger partial charge on any atom is 0.334 e. The number of β-amino-alcohol motifs (C(OH)–C–C–N with tert-alkyl or cyclic N) is 1. The number of hydrogen-bond donors (Lipinski definition) is 2. The summed E-state index contributed by atoms with van der Waals surface area (Å²) in [7, 11) is -4.66. The minimum Gasteiger partial charge on any atom is -0.479 e. The van der Waals surface area contributed by atoms with E-state index in [-0.39, 0.29) is 13.0 Å². The van der Waals surface area contributed by atoms with Crippen molar-refractivity contribution in [3.05, 3.63) is 0 Å². The fourth-order valence-corrected chi connectivity index (χ4v) is 2.50. The number of likely N-dealkylation sites (tertiary alicyclic amines) is 1. The van der Waals surface area contributed by atoms with Gasteiger partial charge in [-0.05, 0) is 0 Å². The van der Waals surface area contributed by atoms with Crippen LogP contribution in [0.1, 0.15) is 6.42 Å². The summed E-state index contributed by atoms with van der Waals surface area (Å²) in [5.74, 6) is -3.42. The summed E-state index contributed by atoms with van der Waals surface area (Å²) in [5.41, 5.74) is 0. The SMILES string of the molecule is O=C(O)C(O)CN1CC(CS(=O)(=O)F)CC1=O. The predicted molar refractivity (Wildman–Crippen MR) is 53.2 cm³/mol. The van der Waals surface area contributed by atoms with Crippen LogP contribution in [0.3, 0.4) is 0 Å². The average molecular weight is 269 g/mol. The van der Waals surface area contributed by atoms with Gasteiger partial charge in [0.15, 0.2) is 6.10 Å². The van der Waals surface area contributed by atoms with Crippen LogP contribution >= 0.6 is 0 Å². The Balaban J connectivity index is 2.56. The van der Waals surface area contributed by atoms with Crippen molar-refractivity contribution >= 4 is 22.1 Å². The number of carbonyl (C=O) groups is 2. The second-order valence-corrected chi connectivity index (χ2v) is 5.34. The molecule has 1 aliphatic rings. The highest BCUT2D eigenvalue weighted by Gasteiger charge is 2.34.